The number of hydrogen-bond acceptors (Lipinski definition) is 2. The smallest absolute Gasteiger partial charge is 0.230 e. The summed E-state index contributed by atoms with van der Waals surface area (Å²) in [7, 11) is 0. The van der Waals surface area contributed by atoms with Crippen LogP contribution >= 0.6 is 0 Å². The van der Waals surface area contributed by atoms with Crippen LogP contribution in [0.1, 0.15) is 24.8 Å². The van der Waals surface area contributed by atoms with Crippen molar-refractivity contribution in [3.05, 3.63) is 60.2 Å². The van der Waals surface area contributed by atoms with Crippen LogP contribution in [0.2, 0.25) is 0 Å². The number of nitrogens with zero attached hydrogens (tertiary/aromatic N) is 1. The molecule has 2 aromatic carbocycles. The third kappa shape index (κ3) is 3.34. The van der Waals surface area contributed by atoms with Gasteiger partial charge in [-0.2, -0.15) is 0 Å². The van der Waals surface area contributed by atoms with Crippen molar-refractivity contribution in [2.45, 2.75) is 25.7 Å². The molecule has 2 aliphatic heterocycles. The Kier molecular flexibility index (Phi) is 4.58. The summed E-state index contributed by atoms with van der Waals surface area (Å²) in [5, 5.41) is 3.43. The summed E-state index contributed by atoms with van der Waals surface area (Å²) in [6.45, 7) is 3.63. The molecule has 2 saturated heterocycles. The third-order valence-corrected chi connectivity index (χ3v) is 5.69. The number of likely N-dealkylation sites (tertiary alicyclic amines) is 1. The molecule has 4 rings (SSSR count). The van der Waals surface area contributed by atoms with E-state index < -0.39 is 0 Å². The molecule has 0 saturated carbocycles. The first-order chi connectivity index (χ1) is 12.3. The van der Waals surface area contributed by atoms with E-state index in [0.29, 0.717) is 5.91 Å². The fraction of sp³-hybridized carbons (Fsp3) is 0.409. The first kappa shape index (κ1) is 16.3. The Balaban J connectivity index is 1.53. The lowest BCUT2D eigenvalue weighted by atomic mass is 9.79. The molecular weight excluding hydrogens is 308 g/mol. The lowest BCUT2D eigenvalue weighted by Crippen LogP contribution is -2.45. The molecule has 2 aliphatic rings. The summed E-state index contributed by atoms with van der Waals surface area (Å²) in [4.78, 5) is 15.2. The zero-order valence-electron chi connectivity index (χ0n) is 14.7. The molecule has 3 heteroatoms. The maximum absolute atomic E-state index is 13.1. The molecule has 0 spiro atoms. The van der Waals surface area contributed by atoms with E-state index in [-0.39, 0.29) is 5.41 Å². The van der Waals surface area contributed by atoms with Crippen LogP contribution in [0.5, 0.6) is 0 Å². The highest BCUT2D eigenvalue weighted by Crippen LogP contribution is 2.34. The van der Waals surface area contributed by atoms with Gasteiger partial charge in [-0.15, -0.1) is 0 Å². The van der Waals surface area contributed by atoms with E-state index in [0.717, 1.165) is 51.9 Å². The quantitative estimate of drug-likeness (QED) is 0.928. The van der Waals surface area contributed by atoms with Crippen molar-refractivity contribution in [1.82, 2.24) is 10.2 Å². The summed E-state index contributed by atoms with van der Waals surface area (Å²) >= 11 is 0. The first-order valence-corrected chi connectivity index (χ1v) is 9.41. The fourth-order valence-corrected chi connectivity index (χ4v) is 4.24. The van der Waals surface area contributed by atoms with E-state index in [1.165, 1.54) is 16.7 Å². The number of hydrogen-bond donors (Lipinski definition) is 1. The highest BCUT2D eigenvalue weighted by Gasteiger charge is 2.44. The molecule has 1 N–H and O–H groups in total. The number of amides is 1. The molecule has 0 radical (unpaired) electrons. The molecule has 130 valence electrons. The average molecular weight is 334 g/mol. The van der Waals surface area contributed by atoms with E-state index >= 15 is 0 Å². The second-order valence-electron chi connectivity index (χ2n) is 7.45. The normalized spacial score (nSPS) is 23.1. The Bertz CT molecular complexity index is 711. The van der Waals surface area contributed by atoms with Crippen LogP contribution in [-0.2, 0) is 11.2 Å². The summed E-state index contributed by atoms with van der Waals surface area (Å²) in [6, 6.07) is 19.2. The predicted molar refractivity (Wildman–Crippen MR) is 101 cm³/mol. The van der Waals surface area contributed by atoms with Gasteiger partial charge in [0.25, 0.3) is 0 Å². The minimum absolute atomic E-state index is 0.251. The van der Waals surface area contributed by atoms with Crippen LogP contribution in [0.25, 0.3) is 11.1 Å². The molecule has 0 bridgehead atoms. The molecule has 3 nitrogen and oxygen atoms in total. The Morgan fingerprint density at radius 3 is 2.28 bits per heavy atom. The monoisotopic (exact) mass is 334 g/mol. The minimum atomic E-state index is -0.251. The molecule has 1 unspecified atom stereocenters. The standard InChI is InChI=1S/C22H26N2O/c25-21(24-14-4-5-15-24)22(12-13-23-17-22)16-18-8-10-20(11-9-18)19-6-2-1-3-7-19/h1-3,6-11,23H,4-5,12-17H2. The molecule has 1 atom stereocenters. The van der Waals surface area contributed by atoms with Crippen molar-refractivity contribution in [3.63, 3.8) is 0 Å². The van der Waals surface area contributed by atoms with E-state index in [1.807, 2.05) is 6.07 Å². The zero-order chi connectivity index (χ0) is 17.1. The second kappa shape index (κ2) is 7.01. The lowest BCUT2D eigenvalue weighted by Gasteiger charge is -2.32. The molecule has 2 fully saturated rings. The van der Waals surface area contributed by atoms with Gasteiger partial charge in [-0.05, 0) is 48.9 Å². The van der Waals surface area contributed by atoms with Gasteiger partial charge in [0, 0.05) is 19.6 Å². The Hall–Kier alpha value is -2.13. The van der Waals surface area contributed by atoms with Gasteiger partial charge in [0.1, 0.15) is 0 Å². The van der Waals surface area contributed by atoms with Crippen LogP contribution in [0.3, 0.4) is 0 Å². The topological polar surface area (TPSA) is 32.3 Å². The summed E-state index contributed by atoms with van der Waals surface area (Å²) in [5.74, 6) is 0.363. The van der Waals surface area contributed by atoms with Gasteiger partial charge in [0.15, 0.2) is 0 Å². The highest BCUT2D eigenvalue weighted by atomic mass is 16.2. The van der Waals surface area contributed by atoms with Crippen molar-refractivity contribution >= 4 is 5.91 Å². The van der Waals surface area contributed by atoms with Crippen molar-refractivity contribution < 1.29 is 4.79 Å². The largest absolute Gasteiger partial charge is 0.342 e. The number of carbonyl (C=O) groups is 1. The van der Waals surface area contributed by atoms with Crippen LogP contribution in [0.4, 0.5) is 0 Å². The van der Waals surface area contributed by atoms with Gasteiger partial charge in [-0.1, -0.05) is 54.6 Å². The summed E-state index contributed by atoms with van der Waals surface area (Å²) in [5.41, 5.74) is 3.47. The Morgan fingerprint density at radius 1 is 0.960 bits per heavy atom. The number of nitrogens with one attached hydrogen (secondary N) is 1. The Labute approximate surface area is 150 Å². The van der Waals surface area contributed by atoms with Gasteiger partial charge in [0.2, 0.25) is 5.91 Å². The van der Waals surface area contributed by atoms with Gasteiger partial charge in [-0.25, -0.2) is 0 Å². The van der Waals surface area contributed by atoms with Crippen molar-refractivity contribution in [2.24, 2.45) is 5.41 Å². The maximum Gasteiger partial charge on any atom is 0.230 e. The van der Waals surface area contributed by atoms with E-state index in [9.17, 15) is 4.79 Å². The average Bonchev–Trinajstić information content (AvgIpc) is 3.35. The fourth-order valence-electron chi connectivity index (χ4n) is 4.24. The van der Waals surface area contributed by atoms with E-state index in [4.69, 9.17) is 0 Å². The lowest BCUT2D eigenvalue weighted by molar-refractivity contribution is -0.140. The number of benzene rings is 2. The van der Waals surface area contributed by atoms with Crippen molar-refractivity contribution in [2.75, 3.05) is 26.2 Å². The summed E-state index contributed by atoms with van der Waals surface area (Å²) in [6.07, 6.45) is 4.09. The number of rotatable bonds is 4. The maximum atomic E-state index is 13.1. The molecule has 2 aromatic rings. The van der Waals surface area contributed by atoms with Crippen LogP contribution in [-0.4, -0.2) is 37.0 Å². The molecule has 0 aliphatic carbocycles. The molecule has 2 heterocycles. The predicted octanol–water partition coefficient (Wildman–Crippen LogP) is 3.50. The molecule has 0 aromatic heterocycles. The van der Waals surface area contributed by atoms with Gasteiger partial charge in [-0.3, -0.25) is 4.79 Å². The van der Waals surface area contributed by atoms with Crippen molar-refractivity contribution in [3.8, 4) is 11.1 Å². The first-order valence-electron chi connectivity index (χ1n) is 9.41. The van der Waals surface area contributed by atoms with E-state index in [1.54, 1.807) is 0 Å². The molecular formula is C22H26N2O. The number of carbonyl (C=O) groups excluding carboxylic acids is 1. The van der Waals surface area contributed by atoms with Gasteiger partial charge in [0.05, 0.1) is 5.41 Å². The summed E-state index contributed by atoms with van der Waals surface area (Å²) < 4.78 is 0. The SMILES string of the molecule is O=C(N1CCCC1)C1(Cc2ccc(-c3ccccc3)cc2)CCNC1. The van der Waals surface area contributed by atoms with Gasteiger partial charge >= 0.3 is 0 Å². The van der Waals surface area contributed by atoms with Crippen LogP contribution < -0.4 is 5.32 Å². The van der Waals surface area contributed by atoms with Crippen LogP contribution in [0, 0.1) is 5.41 Å². The molecule has 25 heavy (non-hydrogen) atoms. The zero-order valence-corrected chi connectivity index (χ0v) is 14.7. The van der Waals surface area contributed by atoms with Crippen molar-refractivity contribution in [1.29, 1.82) is 0 Å². The van der Waals surface area contributed by atoms with Crippen LogP contribution in [0.15, 0.2) is 54.6 Å². The second-order valence-corrected chi connectivity index (χ2v) is 7.45. The third-order valence-electron chi connectivity index (χ3n) is 5.69. The van der Waals surface area contributed by atoms with Gasteiger partial charge < -0.3 is 10.2 Å². The Morgan fingerprint density at radius 2 is 1.64 bits per heavy atom. The highest BCUT2D eigenvalue weighted by molar-refractivity contribution is 5.84. The minimum Gasteiger partial charge on any atom is -0.342 e. The van der Waals surface area contributed by atoms with E-state index in [2.05, 4.69) is 58.7 Å². The molecule has 1 amide bonds.